The highest BCUT2D eigenvalue weighted by atomic mass is 32.2. The van der Waals surface area contributed by atoms with Crippen molar-refractivity contribution in [3.8, 4) is 0 Å². The Morgan fingerprint density at radius 3 is 2.31 bits per heavy atom. The van der Waals surface area contributed by atoms with Crippen LogP contribution < -0.4 is 0 Å². The van der Waals surface area contributed by atoms with Gasteiger partial charge in [0.05, 0.1) is 10.6 Å². The fraction of sp³-hybridized carbons (Fsp3) is 0.429. The van der Waals surface area contributed by atoms with Crippen molar-refractivity contribution in [2.24, 2.45) is 5.92 Å². The monoisotopic (exact) mass is 432 g/mol. The first-order valence-electron chi connectivity index (χ1n) is 9.83. The van der Waals surface area contributed by atoms with Crippen LogP contribution in [0.2, 0.25) is 0 Å². The molecule has 2 aromatic rings. The standard InChI is InChI=1S/C21H24N2O4S2/c24-20(8-14-29(26,27)16-5-2-1-3-6-16)22-9-11-23(12-10-22)21(25)18-15-17(18)19-7-4-13-28-19/h1-7,13,17-18H,8-12,14-15H2/t17-,18+/m1/s1. The van der Waals surface area contributed by atoms with Crippen LogP contribution in [-0.2, 0) is 19.4 Å². The van der Waals surface area contributed by atoms with E-state index in [0.717, 1.165) is 6.42 Å². The maximum absolute atomic E-state index is 12.7. The van der Waals surface area contributed by atoms with Crippen LogP contribution in [0, 0.1) is 5.92 Å². The summed E-state index contributed by atoms with van der Waals surface area (Å²) in [6, 6.07) is 12.3. The second-order valence-corrected chi connectivity index (χ2v) is 10.6. The molecule has 0 N–H and O–H groups in total. The van der Waals surface area contributed by atoms with E-state index in [1.54, 1.807) is 46.6 Å². The zero-order chi connectivity index (χ0) is 20.4. The Morgan fingerprint density at radius 1 is 0.966 bits per heavy atom. The molecule has 0 bridgehead atoms. The minimum Gasteiger partial charge on any atom is -0.339 e. The van der Waals surface area contributed by atoms with Gasteiger partial charge >= 0.3 is 0 Å². The lowest BCUT2D eigenvalue weighted by atomic mass is 10.2. The van der Waals surface area contributed by atoms with Gasteiger partial charge in [-0.15, -0.1) is 11.3 Å². The molecular weight excluding hydrogens is 408 g/mol. The van der Waals surface area contributed by atoms with E-state index in [2.05, 4.69) is 6.07 Å². The molecule has 154 valence electrons. The van der Waals surface area contributed by atoms with E-state index >= 15 is 0 Å². The van der Waals surface area contributed by atoms with Crippen molar-refractivity contribution in [3.05, 3.63) is 52.7 Å². The summed E-state index contributed by atoms with van der Waals surface area (Å²) >= 11 is 1.70. The number of piperazine rings is 1. The molecule has 0 spiro atoms. The Bertz CT molecular complexity index is 965. The van der Waals surface area contributed by atoms with Gasteiger partial charge in [-0.05, 0) is 30.0 Å². The van der Waals surface area contributed by atoms with Gasteiger partial charge in [0.25, 0.3) is 0 Å². The van der Waals surface area contributed by atoms with E-state index in [4.69, 9.17) is 0 Å². The molecule has 0 radical (unpaired) electrons. The van der Waals surface area contributed by atoms with Gasteiger partial charge in [-0.25, -0.2) is 8.42 Å². The van der Waals surface area contributed by atoms with E-state index in [1.165, 1.54) is 4.88 Å². The van der Waals surface area contributed by atoms with Crippen molar-refractivity contribution in [1.29, 1.82) is 0 Å². The summed E-state index contributed by atoms with van der Waals surface area (Å²) in [6.45, 7) is 1.96. The Morgan fingerprint density at radius 2 is 1.66 bits per heavy atom. The lowest BCUT2D eigenvalue weighted by Crippen LogP contribution is -2.51. The summed E-state index contributed by atoms with van der Waals surface area (Å²) in [4.78, 5) is 30.2. The number of nitrogens with zero attached hydrogens (tertiary/aromatic N) is 2. The van der Waals surface area contributed by atoms with E-state index in [1.807, 2.05) is 16.3 Å². The normalized spacial score (nSPS) is 21.8. The second kappa shape index (κ2) is 8.28. The van der Waals surface area contributed by atoms with Gasteiger partial charge < -0.3 is 9.80 Å². The lowest BCUT2D eigenvalue weighted by Gasteiger charge is -2.35. The quantitative estimate of drug-likeness (QED) is 0.703. The summed E-state index contributed by atoms with van der Waals surface area (Å²) < 4.78 is 24.7. The molecule has 2 amide bonds. The van der Waals surface area contributed by atoms with Crippen molar-refractivity contribution in [1.82, 2.24) is 9.80 Å². The molecule has 1 aromatic heterocycles. The fourth-order valence-corrected chi connectivity index (χ4v) is 5.98. The zero-order valence-electron chi connectivity index (χ0n) is 16.1. The smallest absolute Gasteiger partial charge is 0.226 e. The third-order valence-electron chi connectivity index (χ3n) is 5.65. The molecule has 1 aliphatic carbocycles. The van der Waals surface area contributed by atoms with Crippen LogP contribution in [0.1, 0.15) is 23.6 Å². The molecule has 1 saturated carbocycles. The first-order chi connectivity index (χ1) is 14.0. The molecular formula is C21H24N2O4S2. The fourth-order valence-electron chi connectivity index (χ4n) is 3.82. The molecule has 1 aromatic carbocycles. The van der Waals surface area contributed by atoms with E-state index in [-0.39, 0.29) is 34.8 Å². The van der Waals surface area contributed by atoms with E-state index in [0.29, 0.717) is 32.1 Å². The predicted octanol–water partition coefficient (Wildman–Crippen LogP) is 2.39. The summed E-state index contributed by atoms with van der Waals surface area (Å²) in [5.74, 6) is 0.249. The van der Waals surface area contributed by atoms with E-state index < -0.39 is 9.84 Å². The zero-order valence-corrected chi connectivity index (χ0v) is 17.7. The molecule has 2 fully saturated rings. The Hall–Kier alpha value is -2.19. The van der Waals surface area contributed by atoms with Crippen LogP contribution in [0.25, 0.3) is 0 Å². The molecule has 1 saturated heterocycles. The second-order valence-electron chi connectivity index (χ2n) is 7.55. The number of thiophene rings is 1. The maximum Gasteiger partial charge on any atom is 0.226 e. The van der Waals surface area contributed by atoms with Crippen LogP contribution in [0.5, 0.6) is 0 Å². The van der Waals surface area contributed by atoms with Gasteiger partial charge in [-0.3, -0.25) is 9.59 Å². The minimum atomic E-state index is -3.46. The van der Waals surface area contributed by atoms with Crippen LogP contribution in [0.15, 0.2) is 52.7 Å². The summed E-state index contributed by atoms with van der Waals surface area (Å²) in [5, 5.41) is 2.04. The summed E-state index contributed by atoms with van der Waals surface area (Å²) in [6.07, 6.45) is 0.879. The molecule has 0 unspecified atom stereocenters. The van der Waals surface area contributed by atoms with Gasteiger partial charge in [0, 0.05) is 49.3 Å². The van der Waals surface area contributed by atoms with Gasteiger partial charge in [0.1, 0.15) is 0 Å². The molecule has 29 heavy (non-hydrogen) atoms. The molecule has 2 aliphatic rings. The highest BCUT2D eigenvalue weighted by Gasteiger charge is 2.46. The van der Waals surface area contributed by atoms with Gasteiger partial charge in [-0.2, -0.15) is 0 Å². The first kappa shape index (κ1) is 20.1. The molecule has 2 atom stereocenters. The number of carbonyl (C=O) groups is 2. The van der Waals surface area contributed by atoms with Crippen molar-refractivity contribution < 1.29 is 18.0 Å². The molecule has 2 heterocycles. The Kier molecular flexibility index (Phi) is 5.74. The maximum atomic E-state index is 12.7. The SMILES string of the molecule is O=C(CCS(=O)(=O)c1ccccc1)N1CCN(C(=O)[C@H]2C[C@H]2c2cccs2)CC1. The molecule has 1 aliphatic heterocycles. The molecule has 6 nitrogen and oxygen atoms in total. The highest BCUT2D eigenvalue weighted by Crippen LogP contribution is 2.50. The third-order valence-corrected chi connectivity index (χ3v) is 8.38. The average molecular weight is 433 g/mol. The van der Waals surface area contributed by atoms with E-state index in [9.17, 15) is 18.0 Å². The number of rotatable bonds is 6. The lowest BCUT2D eigenvalue weighted by molar-refractivity contribution is -0.140. The van der Waals surface area contributed by atoms with Crippen molar-refractivity contribution >= 4 is 33.0 Å². The highest BCUT2D eigenvalue weighted by molar-refractivity contribution is 7.91. The van der Waals surface area contributed by atoms with Crippen LogP contribution >= 0.6 is 11.3 Å². The number of sulfone groups is 1. The summed E-state index contributed by atoms with van der Waals surface area (Å²) in [7, 11) is -3.46. The number of hydrogen-bond acceptors (Lipinski definition) is 5. The number of benzene rings is 1. The third kappa shape index (κ3) is 4.53. The van der Waals surface area contributed by atoms with Gasteiger partial charge in [-0.1, -0.05) is 24.3 Å². The summed E-state index contributed by atoms with van der Waals surface area (Å²) in [5.41, 5.74) is 0. The largest absolute Gasteiger partial charge is 0.339 e. The van der Waals surface area contributed by atoms with Crippen LogP contribution in [0.4, 0.5) is 0 Å². The number of hydrogen-bond donors (Lipinski definition) is 0. The number of amides is 2. The first-order valence-corrected chi connectivity index (χ1v) is 12.4. The van der Waals surface area contributed by atoms with Crippen molar-refractivity contribution in [3.63, 3.8) is 0 Å². The minimum absolute atomic E-state index is 0.0335. The van der Waals surface area contributed by atoms with Crippen LogP contribution in [-0.4, -0.2) is 62.0 Å². The molecule has 8 heteroatoms. The Labute approximate surface area is 175 Å². The number of carbonyl (C=O) groups excluding carboxylic acids is 2. The molecule has 4 rings (SSSR count). The topological polar surface area (TPSA) is 74.8 Å². The van der Waals surface area contributed by atoms with Gasteiger partial charge in [0.15, 0.2) is 9.84 Å². The van der Waals surface area contributed by atoms with Crippen molar-refractivity contribution in [2.45, 2.75) is 23.7 Å². The van der Waals surface area contributed by atoms with Gasteiger partial charge in [0.2, 0.25) is 11.8 Å². The van der Waals surface area contributed by atoms with Crippen molar-refractivity contribution in [2.75, 3.05) is 31.9 Å². The Balaban J connectivity index is 1.24. The average Bonchev–Trinajstić information content (AvgIpc) is 3.36. The predicted molar refractivity (Wildman–Crippen MR) is 111 cm³/mol. The van der Waals surface area contributed by atoms with Crippen LogP contribution in [0.3, 0.4) is 0 Å².